The van der Waals surface area contributed by atoms with Crippen LogP contribution >= 0.6 is 11.6 Å². The molecule has 26 heavy (non-hydrogen) atoms. The first-order valence-corrected chi connectivity index (χ1v) is 9.64. The highest BCUT2D eigenvalue weighted by atomic mass is 35.5. The Labute approximate surface area is 159 Å². The van der Waals surface area contributed by atoms with Crippen LogP contribution in [0.3, 0.4) is 0 Å². The Bertz CT molecular complexity index is 853. The molecule has 5 heteroatoms. The Morgan fingerprint density at radius 3 is 2.81 bits per heavy atom. The van der Waals surface area contributed by atoms with Crippen molar-refractivity contribution >= 4 is 22.6 Å². The Morgan fingerprint density at radius 2 is 2.00 bits per heavy atom. The van der Waals surface area contributed by atoms with Crippen molar-refractivity contribution in [2.45, 2.75) is 26.0 Å². The molecule has 1 aliphatic rings. The maximum Gasteiger partial charge on any atom is 0.136 e. The van der Waals surface area contributed by atoms with Gasteiger partial charge >= 0.3 is 0 Å². The van der Waals surface area contributed by atoms with Gasteiger partial charge in [-0.1, -0.05) is 35.9 Å². The van der Waals surface area contributed by atoms with Gasteiger partial charge in [-0.2, -0.15) is 0 Å². The lowest BCUT2D eigenvalue weighted by Crippen LogP contribution is -2.32. The largest absolute Gasteiger partial charge is 0.373 e. The number of benzene rings is 2. The van der Waals surface area contributed by atoms with Crippen LogP contribution in [-0.4, -0.2) is 29.2 Å². The third kappa shape index (κ3) is 4.09. The number of fused-ring (bicyclic) bond motifs is 1. The highest BCUT2D eigenvalue weighted by Crippen LogP contribution is 2.20. The first-order valence-electron chi connectivity index (χ1n) is 9.26. The minimum Gasteiger partial charge on any atom is -0.373 e. The van der Waals surface area contributed by atoms with E-state index in [1.54, 1.807) is 0 Å². The number of hydrogen-bond donors (Lipinski definition) is 1. The highest BCUT2D eigenvalue weighted by molar-refractivity contribution is 6.30. The van der Waals surface area contributed by atoms with E-state index in [0.717, 1.165) is 48.1 Å². The molecular formula is C21H24ClN3O. The molecule has 0 aliphatic carbocycles. The molecule has 0 saturated carbocycles. The standard InChI is InChI=1S/C21H24ClN3O/c22-18-9-7-16(8-10-18)13-25-20-6-2-1-5-19(20)24-21(25)15-26-14-17-4-3-11-23-12-17/h1-2,5-10,17,23H,3-4,11-15H2. The van der Waals surface area contributed by atoms with Crippen LogP contribution in [-0.2, 0) is 17.9 Å². The second-order valence-electron chi connectivity index (χ2n) is 6.96. The fourth-order valence-electron chi connectivity index (χ4n) is 3.57. The minimum absolute atomic E-state index is 0.540. The summed E-state index contributed by atoms with van der Waals surface area (Å²) in [6.45, 7) is 4.28. The molecule has 3 aromatic rings. The quantitative estimate of drug-likeness (QED) is 0.705. The number of rotatable bonds is 6. The molecular weight excluding hydrogens is 346 g/mol. The molecule has 2 aromatic carbocycles. The zero-order chi connectivity index (χ0) is 17.8. The number of aromatic nitrogens is 2. The van der Waals surface area contributed by atoms with Crippen LogP contribution in [0.25, 0.3) is 11.0 Å². The van der Waals surface area contributed by atoms with Crippen molar-refractivity contribution in [3.63, 3.8) is 0 Å². The molecule has 1 saturated heterocycles. The number of halogens is 1. The van der Waals surface area contributed by atoms with Crippen molar-refractivity contribution in [3.8, 4) is 0 Å². The summed E-state index contributed by atoms with van der Waals surface area (Å²) in [6.07, 6.45) is 2.48. The number of piperidine rings is 1. The predicted octanol–water partition coefficient (Wildman–Crippen LogP) is 4.25. The van der Waals surface area contributed by atoms with Gasteiger partial charge in [-0.25, -0.2) is 4.98 Å². The number of nitrogens with zero attached hydrogens (tertiary/aromatic N) is 2. The Morgan fingerprint density at radius 1 is 1.15 bits per heavy atom. The molecule has 0 radical (unpaired) electrons. The average Bonchev–Trinajstić information content (AvgIpc) is 3.02. The van der Waals surface area contributed by atoms with Gasteiger partial charge in [-0.15, -0.1) is 0 Å². The maximum atomic E-state index is 6.04. The summed E-state index contributed by atoms with van der Waals surface area (Å²) in [5.74, 6) is 1.59. The van der Waals surface area contributed by atoms with Crippen molar-refractivity contribution in [2.24, 2.45) is 5.92 Å². The average molecular weight is 370 g/mol. The van der Waals surface area contributed by atoms with Gasteiger partial charge in [-0.3, -0.25) is 0 Å². The molecule has 1 aliphatic heterocycles. The third-order valence-corrected chi connectivity index (χ3v) is 5.22. The van der Waals surface area contributed by atoms with Gasteiger partial charge in [0.15, 0.2) is 0 Å². The molecule has 4 rings (SSSR count). The van der Waals surface area contributed by atoms with Gasteiger partial charge in [0, 0.05) is 18.1 Å². The Kier molecular flexibility index (Phi) is 5.54. The molecule has 0 bridgehead atoms. The maximum absolute atomic E-state index is 6.04. The van der Waals surface area contributed by atoms with E-state index >= 15 is 0 Å². The van der Waals surface area contributed by atoms with E-state index in [1.165, 1.54) is 18.4 Å². The van der Waals surface area contributed by atoms with Crippen LogP contribution < -0.4 is 5.32 Å². The molecule has 1 unspecified atom stereocenters. The molecule has 1 fully saturated rings. The summed E-state index contributed by atoms with van der Waals surface area (Å²) in [6, 6.07) is 16.3. The summed E-state index contributed by atoms with van der Waals surface area (Å²) < 4.78 is 8.29. The Balaban J connectivity index is 1.52. The van der Waals surface area contributed by atoms with E-state index < -0.39 is 0 Å². The number of hydrogen-bond acceptors (Lipinski definition) is 3. The van der Waals surface area contributed by atoms with Gasteiger partial charge in [0.25, 0.3) is 0 Å². The van der Waals surface area contributed by atoms with Crippen LogP contribution in [0.4, 0.5) is 0 Å². The smallest absolute Gasteiger partial charge is 0.136 e. The number of imidazole rings is 1. The monoisotopic (exact) mass is 369 g/mol. The van der Waals surface area contributed by atoms with E-state index in [4.69, 9.17) is 21.3 Å². The minimum atomic E-state index is 0.540. The lowest BCUT2D eigenvalue weighted by Gasteiger charge is -2.22. The lowest BCUT2D eigenvalue weighted by atomic mass is 10.0. The van der Waals surface area contributed by atoms with E-state index in [9.17, 15) is 0 Å². The van der Waals surface area contributed by atoms with Gasteiger partial charge in [-0.05, 0) is 55.1 Å². The molecule has 4 nitrogen and oxygen atoms in total. The SMILES string of the molecule is Clc1ccc(Cn2c(COCC3CCCNC3)nc3ccccc32)cc1. The molecule has 0 amide bonds. The molecule has 2 heterocycles. The molecule has 1 aromatic heterocycles. The van der Waals surface area contributed by atoms with Crippen LogP contribution in [0.5, 0.6) is 0 Å². The summed E-state index contributed by atoms with van der Waals surface area (Å²) in [5, 5.41) is 4.20. The molecule has 1 atom stereocenters. The predicted molar refractivity (Wildman–Crippen MR) is 106 cm³/mol. The van der Waals surface area contributed by atoms with E-state index in [0.29, 0.717) is 12.5 Å². The van der Waals surface area contributed by atoms with E-state index in [1.807, 2.05) is 18.2 Å². The van der Waals surface area contributed by atoms with Gasteiger partial charge < -0.3 is 14.6 Å². The van der Waals surface area contributed by atoms with E-state index in [-0.39, 0.29) is 0 Å². The summed E-state index contributed by atoms with van der Waals surface area (Å²) in [7, 11) is 0. The van der Waals surface area contributed by atoms with E-state index in [2.05, 4.69) is 40.2 Å². The summed E-state index contributed by atoms with van der Waals surface area (Å²) in [4.78, 5) is 4.81. The van der Waals surface area contributed by atoms with Crippen LogP contribution in [0.2, 0.25) is 5.02 Å². The van der Waals surface area contributed by atoms with Crippen LogP contribution in [0.1, 0.15) is 24.2 Å². The van der Waals surface area contributed by atoms with Crippen molar-refractivity contribution in [1.29, 1.82) is 0 Å². The topological polar surface area (TPSA) is 39.1 Å². The number of nitrogens with one attached hydrogen (secondary N) is 1. The normalized spacial score (nSPS) is 17.7. The van der Waals surface area contributed by atoms with Gasteiger partial charge in [0.1, 0.15) is 12.4 Å². The van der Waals surface area contributed by atoms with Crippen LogP contribution in [0.15, 0.2) is 48.5 Å². The summed E-state index contributed by atoms with van der Waals surface area (Å²) in [5.41, 5.74) is 3.36. The van der Waals surface area contributed by atoms with Gasteiger partial charge in [0.05, 0.1) is 17.6 Å². The second kappa shape index (κ2) is 8.21. The molecule has 136 valence electrons. The number of para-hydroxylation sites is 2. The van der Waals surface area contributed by atoms with Crippen molar-refractivity contribution in [1.82, 2.24) is 14.9 Å². The van der Waals surface area contributed by atoms with Crippen molar-refractivity contribution in [2.75, 3.05) is 19.7 Å². The number of ether oxygens (including phenoxy) is 1. The first kappa shape index (κ1) is 17.5. The van der Waals surface area contributed by atoms with Crippen molar-refractivity contribution in [3.05, 3.63) is 64.9 Å². The first-order chi connectivity index (χ1) is 12.8. The zero-order valence-electron chi connectivity index (χ0n) is 14.8. The lowest BCUT2D eigenvalue weighted by molar-refractivity contribution is 0.0729. The fourth-order valence-corrected chi connectivity index (χ4v) is 3.69. The van der Waals surface area contributed by atoms with Crippen LogP contribution in [0, 0.1) is 5.92 Å². The molecule has 1 N–H and O–H groups in total. The third-order valence-electron chi connectivity index (χ3n) is 4.97. The highest BCUT2D eigenvalue weighted by Gasteiger charge is 2.15. The van der Waals surface area contributed by atoms with Crippen molar-refractivity contribution < 1.29 is 4.74 Å². The van der Waals surface area contributed by atoms with Gasteiger partial charge in [0.2, 0.25) is 0 Å². The Hall–Kier alpha value is -1.88. The second-order valence-corrected chi connectivity index (χ2v) is 7.39. The molecule has 0 spiro atoms. The summed E-state index contributed by atoms with van der Waals surface area (Å²) >= 11 is 6.02. The zero-order valence-corrected chi connectivity index (χ0v) is 15.6. The fraction of sp³-hybridized carbons (Fsp3) is 0.381.